The second-order valence-corrected chi connectivity index (χ2v) is 5.35. The SMILES string of the molecule is CCCCCCCCOC(=O)c1ccccc1O.CCOC(C)=O. The Balaban J connectivity index is 0.000000754. The van der Waals surface area contributed by atoms with Gasteiger partial charge in [0.2, 0.25) is 0 Å². The molecule has 5 heteroatoms. The van der Waals surface area contributed by atoms with Gasteiger partial charge in [0.15, 0.2) is 0 Å². The molecule has 0 unspecified atom stereocenters. The van der Waals surface area contributed by atoms with Crippen LogP contribution < -0.4 is 0 Å². The van der Waals surface area contributed by atoms with Crippen molar-refractivity contribution in [1.29, 1.82) is 0 Å². The van der Waals surface area contributed by atoms with Gasteiger partial charge in [0.05, 0.1) is 13.2 Å². The van der Waals surface area contributed by atoms with Crippen molar-refractivity contribution < 1.29 is 24.2 Å². The fraction of sp³-hybridized carbons (Fsp3) is 0.579. The van der Waals surface area contributed by atoms with E-state index in [1.54, 1.807) is 25.1 Å². The normalized spacial score (nSPS) is 9.62. The molecule has 1 rings (SSSR count). The Labute approximate surface area is 145 Å². The zero-order valence-electron chi connectivity index (χ0n) is 15.0. The van der Waals surface area contributed by atoms with Crippen LogP contribution in [-0.4, -0.2) is 30.3 Å². The standard InChI is InChI=1S/C15H22O3.C4H8O2/c1-2-3-4-5-6-9-12-18-15(17)13-10-7-8-11-14(13)16;1-3-6-4(2)5/h7-8,10-11,16H,2-6,9,12H2,1H3;3H2,1-2H3. The second-order valence-electron chi connectivity index (χ2n) is 5.35. The van der Waals surface area contributed by atoms with E-state index in [1.165, 1.54) is 38.7 Å². The molecule has 0 saturated carbocycles. The van der Waals surface area contributed by atoms with Gasteiger partial charge in [-0.1, -0.05) is 51.2 Å². The molecule has 0 spiro atoms. The summed E-state index contributed by atoms with van der Waals surface area (Å²) in [5.41, 5.74) is 0.239. The van der Waals surface area contributed by atoms with Crippen LogP contribution in [0.15, 0.2) is 24.3 Å². The Morgan fingerprint density at radius 2 is 1.58 bits per heavy atom. The number of phenols is 1. The van der Waals surface area contributed by atoms with Gasteiger partial charge in [-0.05, 0) is 25.5 Å². The Kier molecular flexibility index (Phi) is 13.3. The summed E-state index contributed by atoms with van der Waals surface area (Å²) in [6.07, 6.45) is 6.95. The van der Waals surface area contributed by atoms with Crippen molar-refractivity contribution in [2.75, 3.05) is 13.2 Å². The molecular formula is C19H30O5. The Morgan fingerprint density at radius 1 is 0.958 bits per heavy atom. The van der Waals surface area contributed by atoms with Crippen molar-refractivity contribution in [3.05, 3.63) is 29.8 Å². The molecule has 0 fully saturated rings. The number of hydrogen-bond acceptors (Lipinski definition) is 5. The van der Waals surface area contributed by atoms with E-state index in [9.17, 15) is 14.7 Å². The maximum atomic E-state index is 11.6. The quantitative estimate of drug-likeness (QED) is 0.531. The number of carbonyl (C=O) groups excluding carboxylic acids is 2. The fourth-order valence-electron chi connectivity index (χ4n) is 1.97. The molecule has 1 aromatic carbocycles. The maximum absolute atomic E-state index is 11.6. The van der Waals surface area contributed by atoms with Crippen LogP contribution in [-0.2, 0) is 14.3 Å². The summed E-state index contributed by atoms with van der Waals surface area (Å²) < 4.78 is 9.52. The summed E-state index contributed by atoms with van der Waals surface area (Å²) >= 11 is 0. The van der Waals surface area contributed by atoms with Crippen molar-refractivity contribution in [1.82, 2.24) is 0 Å². The van der Waals surface area contributed by atoms with E-state index < -0.39 is 5.97 Å². The van der Waals surface area contributed by atoms with Crippen LogP contribution in [0.4, 0.5) is 0 Å². The molecule has 0 aliphatic rings. The molecule has 136 valence electrons. The lowest BCUT2D eigenvalue weighted by atomic mass is 10.1. The molecule has 24 heavy (non-hydrogen) atoms. The molecule has 0 saturated heterocycles. The van der Waals surface area contributed by atoms with Crippen LogP contribution in [0, 0.1) is 0 Å². The number of para-hydroxylation sites is 1. The topological polar surface area (TPSA) is 72.8 Å². The van der Waals surface area contributed by atoms with Gasteiger partial charge in [-0.15, -0.1) is 0 Å². The van der Waals surface area contributed by atoms with E-state index in [0.29, 0.717) is 13.2 Å². The van der Waals surface area contributed by atoms with Gasteiger partial charge in [0, 0.05) is 6.92 Å². The Bertz CT molecular complexity index is 471. The number of unbranched alkanes of at least 4 members (excludes halogenated alkanes) is 5. The van der Waals surface area contributed by atoms with Crippen LogP contribution in [0.5, 0.6) is 5.75 Å². The van der Waals surface area contributed by atoms with Gasteiger partial charge < -0.3 is 14.6 Å². The van der Waals surface area contributed by atoms with E-state index in [1.807, 2.05) is 0 Å². The minimum Gasteiger partial charge on any atom is -0.507 e. The van der Waals surface area contributed by atoms with Crippen LogP contribution in [0.3, 0.4) is 0 Å². The zero-order chi connectivity index (χ0) is 18.2. The molecule has 0 aliphatic carbocycles. The minimum atomic E-state index is -0.443. The molecule has 5 nitrogen and oxygen atoms in total. The summed E-state index contributed by atoms with van der Waals surface area (Å²) in [5.74, 6) is -0.676. The van der Waals surface area contributed by atoms with Crippen molar-refractivity contribution in [2.24, 2.45) is 0 Å². The van der Waals surface area contributed by atoms with Crippen LogP contribution >= 0.6 is 0 Å². The third kappa shape index (κ3) is 11.5. The number of phenolic OH excluding ortho intramolecular Hbond substituents is 1. The van der Waals surface area contributed by atoms with Gasteiger partial charge in [0.25, 0.3) is 0 Å². The predicted octanol–water partition coefficient (Wildman–Crippen LogP) is 4.48. The molecule has 1 N–H and O–H groups in total. The third-order valence-corrected chi connectivity index (χ3v) is 3.20. The molecule has 0 atom stereocenters. The zero-order valence-corrected chi connectivity index (χ0v) is 15.0. The molecule has 0 heterocycles. The monoisotopic (exact) mass is 338 g/mol. The van der Waals surface area contributed by atoms with E-state index >= 15 is 0 Å². The van der Waals surface area contributed by atoms with Gasteiger partial charge in [-0.25, -0.2) is 4.79 Å². The van der Waals surface area contributed by atoms with Crippen LogP contribution in [0.25, 0.3) is 0 Å². The summed E-state index contributed by atoms with van der Waals surface area (Å²) in [4.78, 5) is 21.4. The molecule has 0 radical (unpaired) electrons. The Hall–Kier alpha value is -2.04. The number of esters is 2. The van der Waals surface area contributed by atoms with E-state index in [4.69, 9.17) is 4.74 Å². The van der Waals surface area contributed by atoms with Crippen LogP contribution in [0.2, 0.25) is 0 Å². The highest BCUT2D eigenvalue weighted by Gasteiger charge is 2.10. The molecule has 0 bridgehead atoms. The first-order valence-electron chi connectivity index (χ1n) is 8.61. The average molecular weight is 338 g/mol. The van der Waals surface area contributed by atoms with E-state index in [0.717, 1.165) is 12.8 Å². The minimum absolute atomic E-state index is 0.0227. The molecule has 0 aliphatic heterocycles. The number of rotatable bonds is 9. The molecular weight excluding hydrogens is 308 g/mol. The summed E-state index contributed by atoms with van der Waals surface area (Å²) in [6.45, 7) is 6.27. The predicted molar refractivity (Wildman–Crippen MR) is 94.1 cm³/mol. The first-order valence-corrected chi connectivity index (χ1v) is 8.61. The van der Waals surface area contributed by atoms with Crippen LogP contribution in [0.1, 0.15) is 69.7 Å². The van der Waals surface area contributed by atoms with Crippen molar-refractivity contribution in [3.63, 3.8) is 0 Å². The highest BCUT2D eigenvalue weighted by molar-refractivity contribution is 5.92. The first kappa shape index (κ1) is 22.0. The largest absolute Gasteiger partial charge is 0.507 e. The lowest BCUT2D eigenvalue weighted by molar-refractivity contribution is -0.140. The maximum Gasteiger partial charge on any atom is 0.341 e. The molecule has 0 amide bonds. The van der Waals surface area contributed by atoms with Gasteiger partial charge >= 0.3 is 11.9 Å². The smallest absolute Gasteiger partial charge is 0.341 e. The van der Waals surface area contributed by atoms with E-state index in [2.05, 4.69) is 11.7 Å². The lowest BCUT2D eigenvalue weighted by Crippen LogP contribution is -2.06. The average Bonchev–Trinajstić information content (AvgIpc) is 2.54. The fourth-order valence-corrected chi connectivity index (χ4v) is 1.97. The highest BCUT2D eigenvalue weighted by Crippen LogP contribution is 2.16. The second kappa shape index (κ2) is 14.5. The number of ether oxygens (including phenoxy) is 2. The lowest BCUT2D eigenvalue weighted by Gasteiger charge is -2.06. The van der Waals surface area contributed by atoms with Crippen molar-refractivity contribution in [2.45, 2.75) is 59.3 Å². The summed E-state index contributed by atoms with van der Waals surface area (Å²) in [7, 11) is 0. The number of benzene rings is 1. The highest BCUT2D eigenvalue weighted by atomic mass is 16.5. The number of carbonyl (C=O) groups is 2. The third-order valence-electron chi connectivity index (χ3n) is 3.20. The summed E-state index contributed by atoms with van der Waals surface area (Å²) in [5, 5.41) is 9.48. The van der Waals surface area contributed by atoms with Gasteiger partial charge in [0.1, 0.15) is 11.3 Å². The molecule has 0 aromatic heterocycles. The Morgan fingerprint density at radius 3 is 2.12 bits per heavy atom. The number of hydrogen-bond donors (Lipinski definition) is 1. The number of aromatic hydroxyl groups is 1. The van der Waals surface area contributed by atoms with Gasteiger partial charge in [-0.3, -0.25) is 4.79 Å². The van der Waals surface area contributed by atoms with Crippen molar-refractivity contribution >= 4 is 11.9 Å². The molecule has 1 aromatic rings. The van der Waals surface area contributed by atoms with Crippen molar-refractivity contribution in [3.8, 4) is 5.75 Å². The van der Waals surface area contributed by atoms with Gasteiger partial charge in [-0.2, -0.15) is 0 Å². The van der Waals surface area contributed by atoms with E-state index in [-0.39, 0.29) is 17.3 Å². The summed E-state index contributed by atoms with van der Waals surface area (Å²) in [6, 6.07) is 6.45. The first-order chi connectivity index (χ1) is 11.5.